The van der Waals surface area contributed by atoms with Gasteiger partial charge in [-0.1, -0.05) is 0 Å². The minimum atomic E-state index is -0.623. The van der Waals surface area contributed by atoms with Crippen LogP contribution in [0.3, 0.4) is 0 Å². The number of rotatable bonds is 1. The molecular formula is C10H18N4O. The van der Waals surface area contributed by atoms with Gasteiger partial charge in [-0.3, -0.25) is 4.68 Å². The molecule has 1 aliphatic heterocycles. The second kappa shape index (κ2) is 3.41. The first kappa shape index (κ1) is 10.3. The van der Waals surface area contributed by atoms with E-state index >= 15 is 0 Å². The van der Waals surface area contributed by atoms with E-state index in [1.165, 1.54) is 0 Å². The maximum atomic E-state index is 9.99. The van der Waals surface area contributed by atoms with Crippen LogP contribution in [0.5, 0.6) is 0 Å². The molecule has 0 bridgehead atoms. The van der Waals surface area contributed by atoms with Gasteiger partial charge in [-0.15, -0.1) is 0 Å². The highest BCUT2D eigenvalue weighted by molar-refractivity contribution is 5.62. The number of hydrogen-bond acceptors (Lipinski definition) is 4. The van der Waals surface area contributed by atoms with Gasteiger partial charge >= 0.3 is 0 Å². The smallest absolute Gasteiger partial charge is 0.173 e. The van der Waals surface area contributed by atoms with E-state index in [0.717, 1.165) is 25.2 Å². The van der Waals surface area contributed by atoms with Crippen LogP contribution in [0.1, 0.15) is 19.8 Å². The van der Waals surface area contributed by atoms with Crippen molar-refractivity contribution in [2.45, 2.75) is 25.4 Å². The normalized spacial score (nSPS) is 27.0. The summed E-state index contributed by atoms with van der Waals surface area (Å²) in [4.78, 5) is 2.05. The number of aliphatic hydroxyl groups is 1. The number of aryl methyl sites for hydroxylation is 1. The third-order valence-electron chi connectivity index (χ3n) is 2.81. The van der Waals surface area contributed by atoms with Gasteiger partial charge in [0, 0.05) is 26.3 Å². The Morgan fingerprint density at radius 2 is 2.33 bits per heavy atom. The van der Waals surface area contributed by atoms with Crippen LogP contribution in [0.4, 0.5) is 11.5 Å². The van der Waals surface area contributed by atoms with Crippen LogP contribution in [0.25, 0.3) is 0 Å². The fourth-order valence-corrected chi connectivity index (χ4v) is 2.14. The molecule has 5 heteroatoms. The number of piperidine rings is 1. The van der Waals surface area contributed by atoms with E-state index in [1.807, 2.05) is 14.0 Å². The maximum absolute atomic E-state index is 9.99. The highest BCUT2D eigenvalue weighted by atomic mass is 16.3. The summed E-state index contributed by atoms with van der Waals surface area (Å²) in [5, 5.41) is 14.3. The Kier molecular flexibility index (Phi) is 2.34. The molecule has 0 saturated carbocycles. The van der Waals surface area contributed by atoms with Crippen LogP contribution in [0.2, 0.25) is 0 Å². The van der Waals surface area contributed by atoms with Gasteiger partial charge in [0.1, 0.15) is 0 Å². The number of hydrogen-bond donors (Lipinski definition) is 2. The summed E-state index contributed by atoms with van der Waals surface area (Å²) < 4.78 is 1.70. The van der Waals surface area contributed by atoms with Crippen LogP contribution >= 0.6 is 0 Å². The lowest BCUT2D eigenvalue weighted by atomic mass is 9.95. The van der Waals surface area contributed by atoms with E-state index in [2.05, 4.69) is 10.00 Å². The van der Waals surface area contributed by atoms with E-state index in [9.17, 15) is 5.11 Å². The van der Waals surface area contributed by atoms with Gasteiger partial charge in [0.25, 0.3) is 0 Å². The van der Waals surface area contributed by atoms with E-state index in [0.29, 0.717) is 12.2 Å². The second-order valence-electron chi connectivity index (χ2n) is 4.60. The minimum Gasteiger partial charge on any atom is -0.394 e. The van der Waals surface area contributed by atoms with Crippen LogP contribution in [-0.4, -0.2) is 33.6 Å². The van der Waals surface area contributed by atoms with Crippen molar-refractivity contribution in [3.63, 3.8) is 0 Å². The van der Waals surface area contributed by atoms with Crippen LogP contribution in [0.15, 0.2) is 6.20 Å². The first-order valence-corrected chi connectivity index (χ1v) is 5.24. The molecule has 0 amide bonds. The lowest BCUT2D eigenvalue weighted by Gasteiger charge is -2.37. The minimum absolute atomic E-state index is 0.605. The molecule has 2 rings (SSSR count). The van der Waals surface area contributed by atoms with E-state index in [4.69, 9.17) is 5.73 Å². The van der Waals surface area contributed by atoms with Crippen molar-refractivity contribution in [2.75, 3.05) is 23.7 Å². The summed E-state index contributed by atoms with van der Waals surface area (Å²) in [6, 6.07) is 0. The van der Waals surface area contributed by atoms with E-state index in [1.54, 1.807) is 10.9 Å². The summed E-state index contributed by atoms with van der Waals surface area (Å²) in [6.07, 6.45) is 3.61. The third-order valence-corrected chi connectivity index (χ3v) is 2.81. The molecule has 1 saturated heterocycles. The molecular weight excluding hydrogens is 192 g/mol. The Bertz CT molecular complexity index is 358. The predicted molar refractivity (Wildman–Crippen MR) is 59.7 cm³/mol. The molecule has 84 valence electrons. The zero-order chi connectivity index (χ0) is 11.1. The first-order chi connectivity index (χ1) is 6.98. The maximum Gasteiger partial charge on any atom is 0.173 e. The summed E-state index contributed by atoms with van der Waals surface area (Å²) in [5.74, 6) is 0.789. The molecule has 1 aromatic rings. The van der Waals surface area contributed by atoms with Crippen molar-refractivity contribution < 1.29 is 5.11 Å². The molecule has 0 radical (unpaired) electrons. The Morgan fingerprint density at radius 1 is 1.60 bits per heavy atom. The Morgan fingerprint density at radius 3 is 2.87 bits per heavy atom. The van der Waals surface area contributed by atoms with Crippen molar-refractivity contribution in [3.8, 4) is 0 Å². The highest BCUT2D eigenvalue weighted by Crippen LogP contribution is 2.27. The van der Waals surface area contributed by atoms with E-state index in [-0.39, 0.29) is 0 Å². The molecule has 3 N–H and O–H groups in total. The molecule has 1 aromatic heterocycles. The van der Waals surface area contributed by atoms with Crippen LogP contribution < -0.4 is 10.6 Å². The number of nitrogens with zero attached hydrogens (tertiary/aromatic N) is 3. The van der Waals surface area contributed by atoms with Crippen LogP contribution in [-0.2, 0) is 7.05 Å². The Balaban J connectivity index is 2.20. The molecule has 15 heavy (non-hydrogen) atoms. The molecule has 1 fully saturated rings. The van der Waals surface area contributed by atoms with Gasteiger partial charge in [0.2, 0.25) is 0 Å². The number of nitrogen functional groups attached to an aromatic ring is 1. The highest BCUT2D eigenvalue weighted by Gasteiger charge is 2.30. The molecule has 0 spiro atoms. The fraction of sp³-hybridized carbons (Fsp3) is 0.700. The second-order valence-corrected chi connectivity index (χ2v) is 4.60. The van der Waals surface area contributed by atoms with E-state index < -0.39 is 5.60 Å². The first-order valence-electron chi connectivity index (χ1n) is 5.24. The quantitative estimate of drug-likeness (QED) is 0.702. The van der Waals surface area contributed by atoms with Gasteiger partial charge in [-0.05, 0) is 19.8 Å². The van der Waals surface area contributed by atoms with Crippen molar-refractivity contribution >= 4 is 11.5 Å². The van der Waals surface area contributed by atoms with Crippen molar-refractivity contribution in [3.05, 3.63) is 6.20 Å². The molecule has 5 nitrogen and oxygen atoms in total. The number of anilines is 2. The Labute approximate surface area is 89.5 Å². The van der Waals surface area contributed by atoms with Crippen molar-refractivity contribution in [1.82, 2.24) is 9.78 Å². The molecule has 0 aliphatic carbocycles. The Hall–Kier alpha value is -1.23. The predicted octanol–water partition coefficient (Wildman–Crippen LogP) is 0.353. The van der Waals surface area contributed by atoms with Gasteiger partial charge in [0.05, 0.1) is 11.3 Å². The zero-order valence-electron chi connectivity index (χ0n) is 9.27. The average Bonchev–Trinajstić information content (AvgIpc) is 2.43. The topological polar surface area (TPSA) is 67.3 Å². The SMILES string of the molecule is Cn1cc(N)c(N2CCCC(C)(O)C2)n1. The standard InChI is InChI=1S/C10H18N4O/c1-10(15)4-3-5-14(7-10)9-8(11)6-13(2)12-9/h6,15H,3-5,7,11H2,1-2H3. The molecule has 2 heterocycles. The summed E-state index contributed by atoms with van der Waals surface area (Å²) in [6.45, 7) is 3.38. The van der Waals surface area contributed by atoms with Crippen molar-refractivity contribution in [2.24, 2.45) is 7.05 Å². The monoisotopic (exact) mass is 210 g/mol. The molecule has 0 aromatic carbocycles. The summed E-state index contributed by atoms with van der Waals surface area (Å²) in [5.41, 5.74) is 5.91. The zero-order valence-corrected chi connectivity index (χ0v) is 9.27. The summed E-state index contributed by atoms with van der Waals surface area (Å²) >= 11 is 0. The van der Waals surface area contributed by atoms with Crippen molar-refractivity contribution in [1.29, 1.82) is 0 Å². The largest absolute Gasteiger partial charge is 0.394 e. The molecule has 1 atom stereocenters. The summed E-state index contributed by atoms with van der Waals surface area (Å²) in [7, 11) is 1.85. The lowest BCUT2D eigenvalue weighted by Crippen LogP contribution is -2.46. The molecule has 1 aliphatic rings. The number of aromatic nitrogens is 2. The average molecular weight is 210 g/mol. The molecule has 1 unspecified atom stereocenters. The lowest BCUT2D eigenvalue weighted by molar-refractivity contribution is 0.0447. The number of nitrogens with two attached hydrogens (primary N) is 1. The fourth-order valence-electron chi connectivity index (χ4n) is 2.14. The van der Waals surface area contributed by atoms with Gasteiger partial charge in [-0.25, -0.2) is 0 Å². The van der Waals surface area contributed by atoms with Gasteiger partial charge in [-0.2, -0.15) is 5.10 Å². The van der Waals surface area contributed by atoms with Gasteiger partial charge in [0.15, 0.2) is 5.82 Å². The van der Waals surface area contributed by atoms with Gasteiger partial charge < -0.3 is 15.7 Å². The van der Waals surface area contributed by atoms with Crippen LogP contribution in [0, 0.1) is 0 Å². The third kappa shape index (κ3) is 2.07. The number of β-amino-alcohol motifs (C(OH)–C–C–N with tert-alkyl or cyclic N) is 1.